The van der Waals surface area contributed by atoms with E-state index in [0.717, 1.165) is 26.2 Å². The molecular weight excluding hydrogens is 270 g/mol. The second-order valence-corrected chi connectivity index (χ2v) is 6.24. The third-order valence-electron chi connectivity index (χ3n) is 4.73. The van der Waals surface area contributed by atoms with Crippen LogP contribution in [0.4, 0.5) is 5.69 Å². The summed E-state index contributed by atoms with van der Waals surface area (Å²) < 4.78 is 0. The summed E-state index contributed by atoms with van der Waals surface area (Å²) in [5.41, 5.74) is 4.39. The molecule has 22 heavy (non-hydrogen) atoms. The monoisotopic (exact) mass is 303 g/mol. The Morgan fingerprint density at radius 3 is 2.32 bits per heavy atom. The van der Waals surface area contributed by atoms with Crippen molar-refractivity contribution in [2.75, 3.05) is 37.6 Å². The number of nitrogens with zero attached hydrogens (tertiary/aromatic N) is 2. The highest BCUT2D eigenvalue weighted by Gasteiger charge is 2.25. The SMILES string of the molecule is CCCN(CCC)[C@@H]1CNCc2cc(N(CC)CC)ccc21. The lowest BCUT2D eigenvalue weighted by Crippen LogP contribution is -2.40. The second-order valence-electron chi connectivity index (χ2n) is 6.24. The molecule has 0 aliphatic carbocycles. The summed E-state index contributed by atoms with van der Waals surface area (Å²) in [4.78, 5) is 5.09. The zero-order valence-corrected chi connectivity index (χ0v) is 14.9. The average molecular weight is 303 g/mol. The second kappa shape index (κ2) is 8.54. The third-order valence-corrected chi connectivity index (χ3v) is 4.73. The number of anilines is 1. The lowest BCUT2D eigenvalue weighted by Gasteiger charge is -2.36. The van der Waals surface area contributed by atoms with E-state index in [1.807, 2.05) is 0 Å². The minimum Gasteiger partial charge on any atom is -0.372 e. The Kier molecular flexibility index (Phi) is 6.71. The van der Waals surface area contributed by atoms with Gasteiger partial charge in [0.25, 0.3) is 0 Å². The molecule has 3 heteroatoms. The van der Waals surface area contributed by atoms with E-state index in [4.69, 9.17) is 0 Å². The molecule has 1 heterocycles. The zero-order valence-electron chi connectivity index (χ0n) is 14.9. The van der Waals surface area contributed by atoms with Crippen molar-refractivity contribution in [3.8, 4) is 0 Å². The topological polar surface area (TPSA) is 18.5 Å². The Hall–Kier alpha value is -1.06. The summed E-state index contributed by atoms with van der Waals surface area (Å²) in [6.45, 7) is 15.6. The van der Waals surface area contributed by atoms with Gasteiger partial charge in [0.2, 0.25) is 0 Å². The Labute approximate surface area is 136 Å². The van der Waals surface area contributed by atoms with Crippen LogP contribution in [-0.2, 0) is 6.54 Å². The predicted octanol–water partition coefficient (Wildman–Crippen LogP) is 3.80. The summed E-state index contributed by atoms with van der Waals surface area (Å²) in [5.74, 6) is 0. The summed E-state index contributed by atoms with van der Waals surface area (Å²) in [7, 11) is 0. The van der Waals surface area contributed by atoms with E-state index >= 15 is 0 Å². The van der Waals surface area contributed by atoms with Crippen LogP contribution in [0, 0.1) is 0 Å². The summed E-state index contributed by atoms with van der Waals surface area (Å²) in [6.07, 6.45) is 2.45. The van der Waals surface area contributed by atoms with Crippen molar-refractivity contribution in [1.29, 1.82) is 0 Å². The molecule has 1 aliphatic rings. The Bertz CT molecular complexity index is 448. The van der Waals surface area contributed by atoms with Gasteiger partial charge in [-0.15, -0.1) is 0 Å². The Morgan fingerprint density at radius 2 is 1.73 bits per heavy atom. The van der Waals surface area contributed by atoms with Crippen molar-refractivity contribution in [3.63, 3.8) is 0 Å². The first-order valence-electron chi connectivity index (χ1n) is 9.07. The van der Waals surface area contributed by atoms with E-state index in [1.54, 1.807) is 0 Å². The van der Waals surface area contributed by atoms with Gasteiger partial charge in [0, 0.05) is 37.9 Å². The van der Waals surface area contributed by atoms with Crippen LogP contribution in [0.2, 0.25) is 0 Å². The van der Waals surface area contributed by atoms with E-state index in [2.05, 4.69) is 61.0 Å². The first kappa shape index (κ1) is 17.3. The maximum Gasteiger partial charge on any atom is 0.0476 e. The zero-order chi connectivity index (χ0) is 15.9. The Morgan fingerprint density at radius 1 is 1.05 bits per heavy atom. The molecule has 2 rings (SSSR count). The van der Waals surface area contributed by atoms with Crippen LogP contribution in [0.15, 0.2) is 18.2 Å². The van der Waals surface area contributed by atoms with Gasteiger partial charge >= 0.3 is 0 Å². The molecule has 1 atom stereocenters. The number of nitrogens with one attached hydrogen (secondary N) is 1. The standard InChI is InChI=1S/C19H33N3/c1-5-11-22(12-6-2)19-15-20-14-16-13-17(9-10-18(16)19)21(7-3)8-4/h9-10,13,19-20H,5-8,11-12,14-15H2,1-4H3/t19-/m1/s1. The fourth-order valence-electron chi connectivity index (χ4n) is 3.63. The fraction of sp³-hybridized carbons (Fsp3) is 0.684. The maximum absolute atomic E-state index is 3.63. The molecule has 0 aromatic heterocycles. The molecule has 0 radical (unpaired) electrons. The highest BCUT2D eigenvalue weighted by atomic mass is 15.2. The van der Waals surface area contributed by atoms with Crippen LogP contribution in [-0.4, -0.2) is 37.6 Å². The number of rotatable bonds is 8. The molecule has 1 aliphatic heterocycles. The van der Waals surface area contributed by atoms with Gasteiger partial charge in [-0.05, 0) is 63.0 Å². The van der Waals surface area contributed by atoms with E-state index in [1.165, 1.54) is 42.7 Å². The normalized spacial score (nSPS) is 17.6. The first-order chi connectivity index (χ1) is 10.7. The molecule has 0 bridgehead atoms. The van der Waals surface area contributed by atoms with Crippen LogP contribution in [0.1, 0.15) is 57.7 Å². The number of hydrogen-bond acceptors (Lipinski definition) is 3. The molecule has 0 unspecified atom stereocenters. The minimum atomic E-state index is 0.536. The van der Waals surface area contributed by atoms with Gasteiger partial charge in [-0.3, -0.25) is 4.90 Å². The lowest BCUT2D eigenvalue weighted by molar-refractivity contribution is 0.185. The van der Waals surface area contributed by atoms with Gasteiger partial charge in [-0.1, -0.05) is 19.9 Å². The highest BCUT2D eigenvalue weighted by molar-refractivity contribution is 5.52. The predicted molar refractivity (Wildman–Crippen MR) is 96.6 cm³/mol. The maximum atomic E-state index is 3.63. The minimum absolute atomic E-state index is 0.536. The summed E-state index contributed by atoms with van der Waals surface area (Å²) in [5, 5.41) is 3.63. The molecule has 0 saturated heterocycles. The van der Waals surface area contributed by atoms with Gasteiger partial charge in [0.1, 0.15) is 0 Å². The van der Waals surface area contributed by atoms with E-state index in [0.29, 0.717) is 6.04 Å². The van der Waals surface area contributed by atoms with Gasteiger partial charge in [-0.2, -0.15) is 0 Å². The summed E-state index contributed by atoms with van der Waals surface area (Å²) in [6, 6.07) is 7.64. The lowest BCUT2D eigenvalue weighted by atomic mass is 9.94. The van der Waals surface area contributed by atoms with Crippen LogP contribution in [0.3, 0.4) is 0 Å². The van der Waals surface area contributed by atoms with Crippen LogP contribution < -0.4 is 10.2 Å². The molecular formula is C19H33N3. The van der Waals surface area contributed by atoms with Crippen LogP contribution in [0.25, 0.3) is 0 Å². The number of hydrogen-bond donors (Lipinski definition) is 1. The fourth-order valence-corrected chi connectivity index (χ4v) is 3.63. The third kappa shape index (κ3) is 3.82. The van der Waals surface area contributed by atoms with E-state index < -0.39 is 0 Å². The van der Waals surface area contributed by atoms with Crippen molar-refractivity contribution in [2.45, 2.75) is 53.1 Å². The Balaban J connectivity index is 2.26. The first-order valence-corrected chi connectivity index (χ1v) is 9.07. The van der Waals surface area contributed by atoms with Crippen molar-refractivity contribution >= 4 is 5.69 Å². The number of benzene rings is 1. The quantitative estimate of drug-likeness (QED) is 0.788. The highest BCUT2D eigenvalue weighted by Crippen LogP contribution is 2.30. The molecule has 0 amide bonds. The molecule has 0 saturated carbocycles. The molecule has 1 aromatic carbocycles. The van der Waals surface area contributed by atoms with Crippen molar-refractivity contribution in [2.24, 2.45) is 0 Å². The molecule has 0 spiro atoms. The van der Waals surface area contributed by atoms with Crippen LogP contribution >= 0.6 is 0 Å². The molecule has 0 fully saturated rings. The van der Waals surface area contributed by atoms with Crippen molar-refractivity contribution in [3.05, 3.63) is 29.3 Å². The van der Waals surface area contributed by atoms with Crippen LogP contribution in [0.5, 0.6) is 0 Å². The van der Waals surface area contributed by atoms with Crippen molar-refractivity contribution in [1.82, 2.24) is 10.2 Å². The number of fused-ring (bicyclic) bond motifs is 1. The summed E-state index contributed by atoms with van der Waals surface area (Å²) >= 11 is 0. The average Bonchev–Trinajstić information content (AvgIpc) is 2.55. The van der Waals surface area contributed by atoms with Gasteiger partial charge in [0.15, 0.2) is 0 Å². The van der Waals surface area contributed by atoms with E-state index in [-0.39, 0.29) is 0 Å². The van der Waals surface area contributed by atoms with Gasteiger partial charge in [0.05, 0.1) is 0 Å². The smallest absolute Gasteiger partial charge is 0.0476 e. The molecule has 124 valence electrons. The molecule has 3 nitrogen and oxygen atoms in total. The molecule has 1 aromatic rings. The van der Waals surface area contributed by atoms with Gasteiger partial charge < -0.3 is 10.2 Å². The van der Waals surface area contributed by atoms with Crippen molar-refractivity contribution < 1.29 is 0 Å². The van der Waals surface area contributed by atoms with Gasteiger partial charge in [-0.25, -0.2) is 0 Å². The molecule has 1 N–H and O–H groups in total. The largest absolute Gasteiger partial charge is 0.372 e. The van der Waals surface area contributed by atoms with E-state index in [9.17, 15) is 0 Å².